The van der Waals surface area contributed by atoms with Gasteiger partial charge in [-0.2, -0.15) is 0 Å². The van der Waals surface area contributed by atoms with Crippen molar-refractivity contribution in [2.24, 2.45) is 0 Å². The highest BCUT2D eigenvalue weighted by Crippen LogP contribution is 2.16. The van der Waals surface area contributed by atoms with Crippen LogP contribution in [0.3, 0.4) is 0 Å². The zero-order valence-corrected chi connectivity index (χ0v) is 11.8. The lowest BCUT2D eigenvalue weighted by Crippen LogP contribution is -2.27. The largest absolute Gasteiger partial charge is 0.383 e. The summed E-state index contributed by atoms with van der Waals surface area (Å²) in [6.45, 7) is 0.765. The van der Waals surface area contributed by atoms with Crippen LogP contribution >= 0.6 is 0 Å². The van der Waals surface area contributed by atoms with Crippen LogP contribution in [0.15, 0.2) is 30.6 Å². The van der Waals surface area contributed by atoms with E-state index in [2.05, 4.69) is 20.6 Å². The van der Waals surface area contributed by atoms with E-state index in [1.807, 2.05) is 0 Å². The van der Waals surface area contributed by atoms with Crippen molar-refractivity contribution < 1.29 is 18.3 Å². The number of nitrogens with zero attached hydrogens (tertiary/aromatic N) is 2. The van der Waals surface area contributed by atoms with E-state index in [-0.39, 0.29) is 11.6 Å². The Bertz CT molecular complexity index is 650. The van der Waals surface area contributed by atoms with Gasteiger partial charge in [-0.25, -0.2) is 18.7 Å². The van der Waals surface area contributed by atoms with E-state index in [0.29, 0.717) is 24.7 Å². The first kappa shape index (κ1) is 15.8. The summed E-state index contributed by atoms with van der Waals surface area (Å²) >= 11 is 0. The first-order valence-corrected chi connectivity index (χ1v) is 6.41. The maximum atomic E-state index is 13.1. The van der Waals surface area contributed by atoms with E-state index in [4.69, 9.17) is 4.74 Å². The quantitative estimate of drug-likeness (QED) is 0.797. The summed E-state index contributed by atoms with van der Waals surface area (Å²) in [6.07, 6.45) is 2.61. The molecule has 0 aliphatic rings. The Morgan fingerprint density at radius 3 is 2.68 bits per heavy atom. The van der Waals surface area contributed by atoms with Crippen LogP contribution in [0.1, 0.15) is 10.5 Å². The van der Waals surface area contributed by atoms with Gasteiger partial charge in [0.2, 0.25) is 0 Å². The third-order valence-corrected chi connectivity index (χ3v) is 2.67. The molecule has 8 heteroatoms. The van der Waals surface area contributed by atoms with Crippen molar-refractivity contribution in [1.29, 1.82) is 0 Å². The molecule has 0 saturated heterocycles. The van der Waals surface area contributed by atoms with Crippen LogP contribution in [-0.2, 0) is 4.74 Å². The highest BCUT2D eigenvalue weighted by Gasteiger charge is 2.08. The number of anilines is 2. The van der Waals surface area contributed by atoms with Crippen molar-refractivity contribution in [3.8, 4) is 0 Å². The van der Waals surface area contributed by atoms with Gasteiger partial charge in [-0.05, 0) is 12.1 Å². The maximum absolute atomic E-state index is 13.1. The van der Waals surface area contributed by atoms with Crippen molar-refractivity contribution in [3.63, 3.8) is 0 Å². The number of ether oxygens (including phenoxy) is 1. The Labute approximate surface area is 125 Å². The fourth-order valence-corrected chi connectivity index (χ4v) is 1.59. The summed E-state index contributed by atoms with van der Waals surface area (Å²) in [7, 11) is 1.53. The van der Waals surface area contributed by atoms with Crippen LogP contribution in [0, 0.1) is 11.6 Å². The Morgan fingerprint density at radius 1 is 1.23 bits per heavy atom. The normalized spacial score (nSPS) is 10.3. The van der Waals surface area contributed by atoms with Crippen molar-refractivity contribution in [2.75, 3.05) is 25.6 Å². The molecule has 1 aromatic carbocycles. The molecule has 1 heterocycles. The summed E-state index contributed by atoms with van der Waals surface area (Å²) in [4.78, 5) is 19.6. The van der Waals surface area contributed by atoms with Crippen molar-refractivity contribution in [1.82, 2.24) is 15.3 Å². The van der Waals surface area contributed by atoms with Crippen molar-refractivity contribution >= 4 is 17.4 Å². The van der Waals surface area contributed by atoms with Crippen molar-refractivity contribution in [2.45, 2.75) is 0 Å². The molecule has 2 aromatic rings. The van der Waals surface area contributed by atoms with Gasteiger partial charge in [0.15, 0.2) is 11.6 Å². The molecule has 6 nitrogen and oxygen atoms in total. The van der Waals surface area contributed by atoms with Gasteiger partial charge in [0.1, 0.15) is 11.5 Å². The third-order valence-electron chi connectivity index (χ3n) is 2.67. The summed E-state index contributed by atoms with van der Waals surface area (Å²) in [5.41, 5.74) is 0.470. The predicted molar refractivity (Wildman–Crippen MR) is 75.9 cm³/mol. The predicted octanol–water partition coefficient (Wildman–Crippen LogP) is 1.87. The molecule has 1 amide bonds. The van der Waals surface area contributed by atoms with E-state index in [1.54, 1.807) is 0 Å². The molecule has 0 bridgehead atoms. The number of hydrogen-bond donors (Lipinski definition) is 2. The highest BCUT2D eigenvalue weighted by atomic mass is 19.2. The van der Waals surface area contributed by atoms with Crippen LogP contribution in [0.25, 0.3) is 0 Å². The second-order valence-electron chi connectivity index (χ2n) is 4.29. The maximum Gasteiger partial charge on any atom is 0.271 e. The number of halogens is 2. The number of amides is 1. The topological polar surface area (TPSA) is 76.1 Å². The van der Waals surface area contributed by atoms with Gasteiger partial charge < -0.3 is 15.4 Å². The Hall–Kier alpha value is -2.61. The number of hydrogen-bond acceptors (Lipinski definition) is 5. The number of methoxy groups -OCH3 is 1. The zero-order chi connectivity index (χ0) is 15.9. The monoisotopic (exact) mass is 308 g/mol. The number of benzene rings is 1. The molecule has 0 fully saturated rings. The average molecular weight is 308 g/mol. The fourth-order valence-electron chi connectivity index (χ4n) is 1.59. The molecule has 2 rings (SSSR count). The summed E-state index contributed by atoms with van der Waals surface area (Å²) < 4.78 is 30.7. The Balaban J connectivity index is 1.99. The Kier molecular flexibility index (Phi) is 5.31. The van der Waals surface area contributed by atoms with Crippen LogP contribution < -0.4 is 10.6 Å². The van der Waals surface area contributed by atoms with Crippen LogP contribution in [0.5, 0.6) is 0 Å². The van der Waals surface area contributed by atoms with Gasteiger partial charge in [0, 0.05) is 25.4 Å². The SMILES string of the molecule is COCCNC(=O)c1cnc(Nc2ccc(F)c(F)c2)cn1. The van der Waals surface area contributed by atoms with Crippen LogP contribution in [0.2, 0.25) is 0 Å². The second kappa shape index (κ2) is 7.41. The molecule has 0 aliphatic carbocycles. The number of rotatable bonds is 6. The van der Waals surface area contributed by atoms with Crippen molar-refractivity contribution in [3.05, 3.63) is 47.9 Å². The minimum Gasteiger partial charge on any atom is -0.383 e. The molecule has 0 spiro atoms. The lowest BCUT2D eigenvalue weighted by atomic mass is 10.3. The number of aromatic nitrogens is 2. The van der Waals surface area contributed by atoms with E-state index < -0.39 is 11.6 Å². The Morgan fingerprint density at radius 2 is 2.05 bits per heavy atom. The molecular formula is C14H14F2N4O2. The number of carbonyl (C=O) groups excluding carboxylic acids is 1. The van der Waals surface area contributed by atoms with E-state index in [9.17, 15) is 13.6 Å². The van der Waals surface area contributed by atoms with Gasteiger partial charge in [-0.1, -0.05) is 0 Å². The lowest BCUT2D eigenvalue weighted by molar-refractivity contribution is 0.0932. The average Bonchev–Trinajstić information content (AvgIpc) is 2.52. The zero-order valence-electron chi connectivity index (χ0n) is 11.8. The third kappa shape index (κ3) is 4.19. The molecule has 0 unspecified atom stereocenters. The molecule has 116 valence electrons. The number of carbonyl (C=O) groups is 1. The van der Waals surface area contributed by atoms with Gasteiger partial charge in [0.05, 0.1) is 19.0 Å². The fraction of sp³-hybridized carbons (Fsp3) is 0.214. The molecule has 2 N–H and O–H groups in total. The smallest absolute Gasteiger partial charge is 0.271 e. The highest BCUT2D eigenvalue weighted by molar-refractivity contribution is 5.92. The minimum atomic E-state index is -0.966. The minimum absolute atomic E-state index is 0.145. The lowest BCUT2D eigenvalue weighted by Gasteiger charge is -2.07. The van der Waals surface area contributed by atoms with Gasteiger partial charge in [0.25, 0.3) is 5.91 Å². The molecular weight excluding hydrogens is 294 g/mol. The molecule has 0 aliphatic heterocycles. The summed E-state index contributed by atoms with van der Waals surface area (Å²) in [5.74, 6) is -1.96. The van der Waals surface area contributed by atoms with E-state index >= 15 is 0 Å². The van der Waals surface area contributed by atoms with Gasteiger partial charge in [-0.3, -0.25) is 4.79 Å². The van der Waals surface area contributed by atoms with Crippen LogP contribution in [-0.4, -0.2) is 36.1 Å². The molecule has 0 saturated carbocycles. The molecule has 0 atom stereocenters. The standard InChI is InChI=1S/C14H14F2N4O2/c1-22-5-4-17-14(21)12-7-19-13(8-18-12)20-9-2-3-10(15)11(16)6-9/h2-3,6-8H,4-5H2,1H3,(H,17,21)(H,19,20). The first-order valence-electron chi connectivity index (χ1n) is 6.41. The molecule has 22 heavy (non-hydrogen) atoms. The second-order valence-corrected chi connectivity index (χ2v) is 4.29. The summed E-state index contributed by atoms with van der Waals surface area (Å²) in [5, 5.41) is 5.36. The first-order chi connectivity index (χ1) is 10.6. The molecule has 0 radical (unpaired) electrons. The summed E-state index contributed by atoms with van der Waals surface area (Å²) in [6, 6.07) is 3.37. The van der Waals surface area contributed by atoms with Gasteiger partial charge >= 0.3 is 0 Å². The number of nitrogens with one attached hydrogen (secondary N) is 2. The van der Waals surface area contributed by atoms with E-state index in [1.165, 1.54) is 25.6 Å². The molecule has 1 aromatic heterocycles. The van der Waals surface area contributed by atoms with E-state index in [0.717, 1.165) is 12.1 Å². The van der Waals surface area contributed by atoms with Crippen LogP contribution in [0.4, 0.5) is 20.3 Å². The van der Waals surface area contributed by atoms with Gasteiger partial charge in [-0.15, -0.1) is 0 Å².